The molecule has 1 rings (SSSR count). The van der Waals surface area contributed by atoms with Crippen molar-refractivity contribution in [2.45, 2.75) is 57.4 Å². The summed E-state index contributed by atoms with van der Waals surface area (Å²) in [4.78, 5) is 0. The Hall–Kier alpha value is -0.660. The molecular formula is C11H24N4O2S. The van der Waals surface area contributed by atoms with Gasteiger partial charge in [0.25, 0.3) is 10.2 Å². The van der Waals surface area contributed by atoms with Crippen LogP contribution in [0.4, 0.5) is 0 Å². The normalized spacial score (nSPS) is 20.9. The second-order valence-corrected chi connectivity index (χ2v) is 6.37. The molecule has 0 bridgehead atoms. The maximum atomic E-state index is 11.8. The number of hydrogen-bond donors (Lipinski definition) is 4. The van der Waals surface area contributed by atoms with Gasteiger partial charge in [-0.1, -0.05) is 39.0 Å². The molecule has 1 fully saturated rings. The second-order valence-electron chi connectivity index (χ2n) is 4.87. The molecule has 0 atom stereocenters. The molecule has 0 unspecified atom stereocenters. The maximum Gasteiger partial charge on any atom is 0.277 e. The average molecular weight is 276 g/mol. The average Bonchev–Trinajstić information content (AvgIpc) is 2.21. The molecule has 0 aromatic heterocycles. The zero-order chi connectivity index (χ0) is 13.6. The van der Waals surface area contributed by atoms with E-state index in [4.69, 9.17) is 11.1 Å². The van der Waals surface area contributed by atoms with Crippen LogP contribution in [0.15, 0.2) is 0 Å². The van der Waals surface area contributed by atoms with Crippen molar-refractivity contribution in [1.82, 2.24) is 9.44 Å². The number of hydrogen-bond acceptors (Lipinski definition) is 3. The molecule has 7 heteroatoms. The van der Waals surface area contributed by atoms with E-state index < -0.39 is 15.7 Å². The van der Waals surface area contributed by atoms with Crippen LogP contribution in [0.3, 0.4) is 0 Å². The summed E-state index contributed by atoms with van der Waals surface area (Å²) in [6.45, 7) is 2.04. The standard InChI is InChI=1S/C11H24N4O2S/c1-2-14-18(16,17)15-11(10(12)13)8-6-4-3-5-7-9-11/h14-15H,2-9H2,1H3,(H3,12,13). The number of rotatable bonds is 5. The summed E-state index contributed by atoms with van der Waals surface area (Å²) in [7, 11) is -3.58. The highest BCUT2D eigenvalue weighted by Crippen LogP contribution is 2.26. The van der Waals surface area contributed by atoms with Gasteiger partial charge >= 0.3 is 0 Å². The number of nitrogens with one attached hydrogen (secondary N) is 3. The Labute approximate surface area is 109 Å². The highest BCUT2D eigenvalue weighted by Gasteiger charge is 2.37. The Morgan fingerprint density at radius 2 is 1.72 bits per heavy atom. The van der Waals surface area contributed by atoms with Gasteiger partial charge in [-0.25, -0.2) is 4.72 Å². The van der Waals surface area contributed by atoms with Crippen LogP contribution in [0.25, 0.3) is 0 Å². The van der Waals surface area contributed by atoms with E-state index in [9.17, 15) is 8.42 Å². The quantitative estimate of drug-likeness (QED) is 0.441. The molecule has 0 heterocycles. The van der Waals surface area contributed by atoms with E-state index in [-0.39, 0.29) is 5.84 Å². The number of nitrogens with two attached hydrogens (primary N) is 1. The van der Waals surface area contributed by atoms with Crippen LogP contribution in [0.1, 0.15) is 51.9 Å². The highest BCUT2D eigenvalue weighted by atomic mass is 32.2. The molecule has 18 heavy (non-hydrogen) atoms. The van der Waals surface area contributed by atoms with Crippen LogP contribution < -0.4 is 15.2 Å². The molecule has 1 saturated carbocycles. The molecule has 0 saturated heterocycles. The third-order valence-electron chi connectivity index (χ3n) is 3.39. The van der Waals surface area contributed by atoms with E-state index in [1.54, 1.807) is 6.92 Å². The lowest BCUT2D eigenvalue weighted by Gasteiger charge is -2.34. The van der Waals surface area contributed by atoms with Crippen molar-refractivity contribution in [3.05, 3.63) is 0 Å². The first kappa shape index (κ1) is 15.4. The second kappa shape index (κ2) is 6.49. The highest BCUT2D eigenvalue weighted by molar-refractivity contribution is 7.87. The maximum absolute atomic E-state index is 11.8. The van der Waals surface area contributed by atoms with Gasteiger partial charge in [0.15, 0.2) is 0 Å². The van der Waals surface area contributed by atoms with E-state index in [2.05, 4.69) is 9.44 Å². The minimum absolute atomic E-state index is 0.0779. The smallest absolute Gasteiger partial charge is 0.277 e. The van der Waals surface area contributed by atoms with E-state index in [0.717, 1.165) is 25.7 Å². The first-order chi connectivity index (χ1) is 8.42. The Balaban J connectivity index is 2.87. The summed E-state index contributed by atoms with van der Waals surface area (Å²) >= 11 is 0. The lowest BCUT2D eigenvalue weighted by Crippen LogP contribution is -2.59. The van der Waals surface area contributed by atoms with Crippen LogP contribution in [-0.4, -0.2) is 26.3 Å². The summed E-state index contributed by atoms with van der Waals surface area (Å²) in [5, 5.41) is 7.74. The van der Waals surface area contributed by atoms with Crippen LogP contribution in [-0.2, 0) is 10.2 Å². The zero-order valence-electron chi connectivity index (χ0n) is 11.0. The van der Waals surface area contributed by atoms with E-state index >= 15 is 0 Å². The molecular weight excluding hydrogens is 252 g/mol. The van der Waals surface area contributed by atoms with E-state index in [0.29, 0.717) is 19.4 Å². The van der Waals surface area contributed by atoms with Gasteiger partial charge in [-0.3, -0.25) is 5.41 Å². The molecule has 106 valence electrons. The molecule has 0 aromatic carbocycles. The zero-order valence-corrected chi connectivity index (χ0v) is 11.8. The fourth-order valence-electron chi connectivity index (χ4n) is 2.42. The van der Waals surface area contributed by atoms with Crippen LogP contribution in [0.2, 0.25) is 0 Å². The predicted octanol–water partition coefficient (Wildman–Crippen LogP) is 0.849. The molecule has 0 aliphatic heterocycles. The molecule has 0 amide bonds. The van der Waals surface area contributed by atoms with E-state index in [1.807, 2.05) is 0 Å². The molecule has 5 N–H and O–H groups in total. The minimum Gasteiger partial charge on any atom is -0.386 e. The minimum atomic E-state index is -3.58. The lowest BCUT2D eigenvalue weighted by molar-refractivity contribution is 0.365. The van der Waals surface area contributed by atoms with Crippen molar-refractivity contribution < 1.29 is 8.42 Å². The molecule has 0 aromatic rings. The third kappa shape index (κ3) is 4.22. The fraction of sp³-hybridized carbons (Fsp3) is 0.909. The first-order valence-corrected chi connectivity index (χ1v) is 8.03. The molecule has 1 aliphatic carbocycles. The molecule has 1 aliphatic rings. The Bertz CT molecular complexity index is 373. The molecule has 0 radical (unpaired) electrons. The summed E-state index contributed by atoms with van der Waals surface area (Å²) in [6.07, 6.45) is 6.31. The SMILES string of the molecule is CCNS(=O)(=O)NC1(C(=N)N)CCCCCCC1. The van der Waals surface area contributed by atoms with Crippen molar-refractivity contribution in [2.75, 3.05) is 6.54 Å². The van der Waals surface area contributed by atoms with Gasteiger partial charge in [-0.15, -0.1) is 0 Å². The first-order valence-electron chi connectivity index (χ1n) is 6.55. The van der Waals surface area contributed by atoms with Crippen molar-refractivity contribution in [1.29, 1.82) is 5.41 Å². The Morgan fingerprint density at radius 3 is 2.17 bits per heavy atom. The summed E-state index contributed by atoms with van der Waals surface area (Å²) < 4.78 is 28.6. The monoisotopic (exact) mass is 276 g/mol. The van der Waals surface area contributed by atoms with Crippen molar-refractivity contribution in [2.24, 2.45) is 5.73 Å². The third-order valence-corrected chi connectivity index (χ3v) is 4.71. The van der Waals surface area contributed by atoms with Gasteiger partial charge in [0.05, 0.1) is 5.54 Å². The van der Waals surface area contributed by atoms with Crippen LogP contribution in [0, 0.1) is 5.41 Å². The van der Waals surface area contributed by atoms with Crippen molar-refractivity contribution in [3.8, 4) is 0 Å². The van der Waals surface area contributed by atoms with Gasteiger partial charge in [0.2, 0.25) is 0 Å². The van der Waals surface area contributed by atoms with E-state index in [1.165, 1.54) is 6.42 Å². The largest absolute Gasteiger partial charge is 0.386 e. The van der Waals surface area contributed by atoms with Gasteiger partial charge in [0, 0.05) is 6.54 Å². The van der Waals surface area contributed by atoms with Crippen molar-refractivity contribution in [3.63, 3.8) is 0 Å². The van der Waals surface area contributed by atoms with Gasteiger partial charge in [-0.2, -0.15) is 13.1 Å². The van der Waals surface area contributed by atoms with Gasteiger partial charge < -0.3 is 5.73 Å². The van der Waals surface area contributed by atoms with Crippen molar-refractivity contribution >= 4 is 16.0 Å². The fourth-order valence-corrected chi connectivity index (χ4v) is 3.70. The van der Waals surface area contributed by atoms with Gasteiger partial charge in [-0.05, 0) is 12.8 Å². The van der Waals surface area contributed by atoms with Gasteiger partial charge in [0.1, 0.15) is 5.84 Å². The Morgan fingerprint density at radius 1 is 1.22 bits per heavy atom. The summed E-state index contributed by atoms with van der Waals surface area (Å²) in [5.41, 5.74) is 4.75. The lowest BCUT2D eigenvalue weighted by atomic mass is 9.84. The predicted molar refractivity (Wildman–Crippen MR) is 72.7 cm³/mol. The molecule has 6 nitrogen and oxygen atoms in total. The number of amidine groups is 1. The molecule has 0 spiro atoms. The Kier molecular flexibility index (Phi) is 5.55. The topological polar surface area (TPSA) is 108 Å². The van der Waals surface area contributed by atoms with Crippen LogP contribution >= 0.6 is 0 Å². The van der Waals surface area contributed by atoms with Crippen LogP contribution in [0.5, 0.6) is 0 Å². The summed E-state index contributed by atoms with van der Waals surface area (Å²) in [6, 6.07) is 0. The summed E-state index contributed by atoms with van der Waals surface area (Å²) in [5.74, 6) is -0.0779.